The normalized spacial score (nSPS) is 11.2. The molecule has 0 atom stereocenters. The minimum absolute atomic E-state index is 0.143. The highest BCUT2D eigenvalue weighted by Crippen LogP contribution is 2.25. The fourth-order valence-corrected chi connectivity index (χ4v) is 3.90. The quantitative estimate of drug-likeness (QED) is 0.721. The largest absolute Gasteiger partial charge is 0.377 e. The van der Waals surface area contributed by atoms with Gasteiger partial charge in [0, 0.05) is 24.7 Å². The van der Waals surface area contributed by atoms with Gasteiger partial charge in [0.05, 0.1) is 11.4 Å². The van der Waals surface area contributed by atoms with Crippen LogP contribution in [0.15, 0.2) is 65.6 Å². The fourth-order valence-electron chi connectivity index (χ4n) is 2.43. The zero-order valence-corrected chi connectivity index (χ0v) is 15.8. The van der Waals surface area contributed by atoms with Gasteiger partial charge in [-0.1, -0.05) is 35.9 Å². The average Bonchev–Trinajstić information content (AvgIpc) is 2.62. The van der Waals surface area contributed by atoms with Crippen LogP contribution in [0.5, 0.6) is 0 Å². The number of para-hydroxylation sites is 1. The lowest BCUT2D eigenvalue weighted by molar-refractivity contribution is 0.601. The summed E-state index contributed by atoms with van der Waals surface area (Å²) >= 11 is 5.98. The number of halogens is 1. The summed E-state index contributed by atoms with van der Waals surface area (Å²) in [4.78, 5) is 1.91. The molecule has 134 valence electrons. The summed E-state index contributed by atoms with van der Waals surface area (Å²) in [6, 6.07) is 17.2. The molecule has 0 fully saturated rings. The van der Waals surface area contributed by atoms with Crippen LogP contribution in [0.4, 0.5) is 11.5 Å². The van der Waals surface area contributed by atoms with E-state index in [9.17, 15) is 8.42 Å². The third-order valence-electron chi connectivity index (χ3n) is 3.66. The van der Waals surface area contributed by atoms with Crippen molar-refractivity contribution >= 4 is 33.1 Å². The second-order valence-electron chi connectivity index (χ2n) is 5.78. The van der Waals surface area contributed by atoms with Gasteiger partial charge < -0.3 is 4.90 Å². The predicted octanol–water partition coefficient (Wildman–Crippen LogP) is 3.66. The second-order valence-corrected chi connectivity index (χ2v) is 7.87. The molecule has 26 heavy (non-hydrogen) atoms. The molecule has 0 aliphatic heterocycles. The molecule has 3 aromatic rings. The monoisotopic (exact) mass is 388 g/mol. The number of nitrogens with zero attached hydrogens (tertiary/aromatic N) is 3. The molecule has 0 radical (unpaired) electrons. The Hall–Kier alpha value is -2.64. The van der Waals surface area contributed by atoms with Crippen LogP contribution < -0.4 is 9.62 Å². The number of aromatic nitrogens is 2. The van der Waals surface area contributed by atoms with Crippen molar-refractivity contribution in [1.82, 2.24) is 10.2 Å². The van der Waals surface area contributed by atoms with E-state index < -0.39 is 10.0 Å². The Morgan fingerprint density at radius 3 is 2.38 bits per heavy atom. The third-order valence-corrected chi connectivity index (χ3v) is 5.30. The molecular weight excluding hydrogens is 372 g/mol. The summed E-state index contributed by atoms with van der Waals surface area (Å²) in [6.45, 7) is 0. The van der Waals surface area contributed by atoms with Crippen molar-refractivity contribution < 1.29 is 8.42 Å². The Balaban J connectivity index is 1.87. The van der Waals surface area contributed by atoms with E-state index in [1.54, 1.807) is 67.5 Å². The van der Waals surface area contributed by atoms with Crippen molar-refractivity contribution in [2.45, 2.75) is 4.90 Å². The maximum Gasteiger partial charge on any atom is 0.265 e. The Bertz CT molecular complexity index is 1020. The Kier molecular flexibility index (Phi) is 5.11. The first kappa shape index (κ1) is 18.2. The molecule has 0 spiro atoms. The van der Waals surface area contributed by atoms with Crippen LogP contribution in [-0.2, 0) is 10.0 Å². The highest BCUT2D eigenvalue weighted by molar-refractivity contribution is 7.92. The maximum absolute atomic E-state index is 12.7. The van der Waals surface area contributed by atoms with Crippen molar-refractivity contribution in [2.75, 3.05) is 23.7 Å². The van der Waals surface area contributed by atoms with Crippen LogP contribution in [0.25, 0.3) is 11.3 Å². The first-order valence-electron chi connectivity index (χ1n) is 7.76. The van der Waals surface area contributed by atoms with Crippen molar-refractivity contribution in [3.63, 3.8) is 0 Å². The molecule has 0 saturated heterocycles. The Morgan fingerprint density at radius 2 is 1.73 bits per heavy atom. The topological polar surface area (TPSA) is 75.2 Å². The standard InChI is InChI=1S/C18H17ClN4O2S/c1-23(2)16-8-3-4-9-17(16)26(24,25)22-18-11-10-15(20-21-18)13-6-5-7-14(19)12-13/h3-12H,1-2H3,(H,21,22). The summed E-state index contributed by atoms with van der Waals surface area (Å²) in [5.74, 6) is 0.143. The molecule has 0 aliphatic rings. The molecule has 0 amide bonds. The van der Waals surface area contributed by atoms with Crippen molar-refractivity contribution in [3.05, 3.63) is 65.7 Å². The van der Waals surface area contributed by atoms with Crippen LogP contribution in [0, 0.1) is 0 Å². The first-order chi connectivity index (χ1) is 12.4. The van der Waals surface area contributed by atoms with Crippen LogP contribution in [0.1, 0.15) is 0 Å². The summed E-state index contributed by atoms with van der Waals surface area (Å²) in [5, 5.41) is 8.64. The molecule has 1 heterocycles. The number of sulfonamides is 1. The Morgan fingerprint density at radius 1 is 0.962 bits per heavy atom. The smallest absolute Gasteiger partial charge is 0.265 e. The van der Waals surface area contributed by atoms with Crippen molar-refractivity contribution in [3.8, 4) is 11.3 Å². The molecule has 3 rings (SSSR count). The van der Waals surface area contributed by atoms with E-state index in [-0.39, 0.29) is 10.7 Å². The van der Waals surface area contributed by atoms with Gasteiger partial charge in [-0.05, 0) is 36.4 Å². The van der Waals surface area contributed by atoms with Crippen LogP contribution in [-0.4, -0.2) is 32.7 Å². The summed E-state index contributed by atoms with van der Waals surface area (Å²) in [7, 11) is -0.217. The summed E-state index contributed by atoms with van der Waals surface area (Å²) in [6.07, 6.45) is 0. The molecule has 0 bridgehead atoms. The van der Waals surface area contributed by atoms with Gasteiger partial charge in [0.25, 0.3) is 10.0 Å². The van der Waals surface area contributed by atoms with Crippen LogP contribution >= 0.6 is 11.6 Å². The number of anilines is 2. The lowest BCUT2D eigenvalue weighted by Crippen LogP contribution is -2.19. The molecular formula is C18H17ClN4O2S. The van der Waals surface area contributed by atoms with E-state index in [1.165, 1.54) is 0 Å². The van der Waals surface area contributed by atoms with Gasteiger partial charge in [-0.25, -0.2) is 8.42 Å². The molecule has 0 saturated carbocycles. The van der Waals surface area contributed by atoms with E-state index in [2.05, 4.69) is 14.9 Å². The van der Waals surface area contributed by atoms with E-state index >= 15 is 0 Å². The zero-order valence-electron chi connectivity index (χ0n) is 14.2. The third kappa shape index (κ3) is 3.95. The fraction of sp³-hybridized carbons (Fsp3) is 0.111. The molecule has 2 aromatic carbocycles. The minimum atomic E-state index is -3.79. The summed E-state index contributed by atoms with van der Waals surface area (Å²) in [5.41, 5.74) is 1.99. The van der Waals surface area contributed by atoms with Crippen LogP contribution in [0.3, 0.4) is 0 Å². The molecule has 8 heteroatoms. The molecule has 1 N–H and O–H groups in total. The molecule has 1 aromatic heterocycles. The number of hydrogen-bond acceptors (Lipinski definition) is 5. The maximum atomic E-state index is 12.7. The van der Waals surface area contributed by atoms with E-state index in [1.807, 2.05) is 12.1 Å². The van der Waals surface area contributed by atoms with Crippen LogP contribution in [0.2, 0.25) is 5.02 Å². The summed E-state index contributed by atoms with van der Waals surface area (Å²) < 4.78 is 27.9. The average molecular weight is 389 g/mol. The van der Waals surface area contributed by atoms with Gasteiger partial charge in [0.1, 0.15) is 4.90 Å². The zero-order chi connectivity index (χ0) is 18.7. The van der Waals surface area contributed by atoms with Gasteiger partial charge in [-0.3, -0.25) is 4.72 Å². The highest BCUT2D eigenvalue weighted by Gasteiger charge is 2.20. The van der Waals surface area contributed by atoms with E-state index in [0.29, 0.717) is 16.4 Å². The lowest BCUT2D eigenvalue weighted by Gasteiger charge is -2.17. The van der Waals surface area contributed by atoms with Crippen molar-refractivity contribution in [1.29, 1.82) is 0 Å². The van der Waals surface area contributed by atoms with Gasteiger partial charge in [0.15, 0.2) is 5.82 Å². The molecule has 0 aliphatic carbocycles. The number of benzene rings is 2. The van der Waals surface area contributed by atoms with Crippen molar-refractivity contribution in [2.24, 2.45) is 0 Å². The first-order valence-corrected chi connectivity index (χ1v) is 9.62. The van der Waals surface area contributed by atoms with E-state index in [0.717, 1.165) is 5.56 Å². The minimum Gasteiger partial charge on any atom is -0.377 e. The SMILES string of the molecule is CN(C)c1ccccc1S(=O)(=O)Nc1ccc(-c2cccc(Cl)c2)nn1. The van der Waals surface area contributed by atoms with Gasteiger partial charge in [-0.15, -0.1) is 10.2 Å². The van der Waals surface area contributed by atoms with Gasteiger partial charge in [0.2, 0.25) is 0 Å². The highest BCUT2D eigenvalue weighted by atomic mass is 35.5. The number of rotatable bonds is 5. The van der Waals surface area contributed by atoms with E-state index in [4.69, 9.17) is 11.6 Å². The molecule has 0 unspecified atom stereocenters. The second kappa shape index (κ2) is 7.31. The Labute approximate surface area is 157 Å². The lowest BCUT2D eigenvalue weighted by atomic mass is 10.1. The van der Waals surface area contributed by atoms with Gasteiger partial charge in [-0.2, -0.15) is 0 Å². The van der Waals surface area contributed by atoms with Gasteiger partial charge >= 0.3 is 0 Å². The number of hydrogen-bond donors (Lipinski definition) is 1. The molecule has 6 nitrogen and oxygen atoms in total. The number of nitrogens with one attached hydrogen (secondary N) is 1. The predicted molar refractivity (Wildman–Crippen MR) is 104 cm³/mol.